The summed E-state index contributed by atoms with van der Waals surface area (Å²) in [6.45, 7) is 5.62. The van der Waals surface area contributed by atoms with Crippen LogP contribution < -0.4 is 4.90 Å². The SMILES string of the molecule is Cc1cccc(N2C(=NC(=O)C(C)C)S[C@H]3CS(=O)(=O)C[C@@H]32)c1. The van der Waals surface area contributed by atoms with Crippen molar-refractivity contribution in [3.63, 3.8) is 0 Å². The van der Waals surface area contributed by atoms with E-state index in [0.29, 0.717) is 5.17 Å². The maximum Gasteiger partial charge on any atom is 0.250 e. The first-order valence-corrected chi connectivity index (χ1v) is 10.3. The second kappa shape index (κ2) is 5.94. The first-order chi connectivity index (χ1) is 10.8. The summed E-state index contributed by atoms with van der Waals surface area (Å²) in [5.41, 5.74) is 1.99. The molecule has 0 bridgehead atoms. The highest BCUT2D eigenvalue weighted by Gasteiger charge is 2.49. The van der Waals surface area contributed by atoms with Gasteiger partial charge in [0.25, 0.3) is 5.91 Å². The summed E-state index contributed by atoms with van der Waals surface area (Å²) in [4.78, 5) is 18.2. The van der Waals surface area contributed by atoms with E-state index < -0.39 is 9.84 Å². The summed E-state index contributed by atoms with van der Waals surface area (Å²) in [7, 11) is -3.03. The van der Waals surface area contributed by atoms with Crippen LogP contribution in [-0.4, -0.2) is 42.3 Å². The molecule has 0 spiro atoms. The number of rotatable bonds is 2. The number of amides is 1. The molecule has 1 aromatic carbocycles. The van der Waals surface area contributed by atoms with E-state index in [1.807, 2.05) is 49.9 Å². The summed E-state index contributed by atoms with van der Waals surface area (Å²) in [5.74, 6) is -0.0767. The van der Waals surface area contributed by atoms with Gasteiger partial charge in [-0.3, -0.25) is 4.79 Å². The van der Waals surface area contributed by atoms with E-state index >= 15 is 0 Å². The van der Waals surface area contributed by atoms with Gasteiger partial charge in [-0.25, -0.2) is 8.42 Å². The smallest absolute Gasteiger partial charge is 0.250 e. The zero-order valence-electron chi connectivity index (χ0n) is 13.4. The van der Waals surface area contributed by atoms with Crippen LogP contribution in [0.1, 0.15) is 19.4 Å². The van der Waals surface area contributed by atoms with Crippen LogP contribution in [-0.2, 0) is 14.6 Å². The Bertz CT molecular complexity index is 771. The maximum absolute atomic E-state index is 12.0. The third kappa shape index (κ3) is 3.30. The number of benzene rings is 1. The first-order valence-electron chi connectivity index (χ1n) is 7.62. The Kier molecular flexibility index (Phi) is 4.27. The fourth-order valence-corrected chi connectivity index (χ4v) is 6.79. The van der Waals surface area contributed by atoms with Gasteiger partial charge < -0.3 is 4.90 Å². The predicted molar refractivity (Wildman–Crippen MR) is 94.8 cm³/mol. The number of hydrogen-bond acceptors (Lipinski definition) is 4. The molecule has 1 aromatic rings. The number of aliphatic imine (C=N–C) groups is 1. The van der Waals surface area contributed by atoms with Gasteiger partial charge in [-0.1, -0.05) is 37.7 Å². The van der Waals surface area contributed by atoms with Crippen LogP contribution in [0, 0.1) is 12.8 Å². The topological polar surface area (TPSA) is 66.8 Å². The number of hydrogen-bond donors (Lipinski definition) is 0. The quantitative estimate of drug-likeness (QED) is 0.817. The van der Waals surface area contributed by atoms with Gasteiger partial charge in [0, 0.05) is 16.9 Å². The monoisotopic (exact) mass is 352 g/mol. The molecule has 0 unspecified atom stereocenters. The molecule has 5 nitrogen and oxygen atoms in total. The van der Waals surface area contributed by atoms with Crippen LogP contribution in [0.15, 0.2) is 29.3 Å². The third-order valence-electron chi connectivity index (χ3n) is 4.05. The molecule has 7 heteroatoms. The van der Waals surface area contributed by atoms with E-state index in [-0.39, 0.29) is 34.6 Å². The fraction of sp³-hybridized carbons (Fsp3) is 0.500. The van der Waals surface area contributed by atoms with Crippen LogP contribution in [0.2, 0.25) is 0 Å². The number of aryl methyl sites for hydroxylation is 1. The average molecular weight is 352 g/mol. The van der Waals surface area contributed by atoms with Gasteiger partial charge in [-0.15, -0.1) is 0 Å². The molecule has 2 fully saturated rings. The maximum atomic E-state index is 12.0. The van der Waals surface area contributed by atoms with Crippen LogP contribution in [0.5, 0.6) is 0 Å². The number of amidine groups is 1. The molecule has 1 amide bonds. The third-order valence-corrected chi connectivity index (χ3v) is 7.26. The standard InChI is InChI=1S/C16H20N2O3S2/c1-10(2)15(19)17-16-18(12-6-4-5-11(3)7-12)13-8-23(20,21)9-14(13)22-16/h4-7,10,13-14H,8-9H2,1-3H3/t13-,14-/m0/s1. The molecule has 0 radical (unpaired) electrons. The fourth-order valence-electron chi connectivity index (χ4n) is 2.87. The minimum absolute atomic E-state index is 0.0563. The second-order valence-corrected chi connectivity index (χ2v) is 9.76. The van der Waals surface area contributed by atoms with Crippen molar-refractivity contribution in [3.05, 3.63) is 29.8 Å². The van der Waals surface area contributed by atoms with Crippen molar-refractivity contribution in [2.24, 2.45) is 10.9 Å². The van der Waals surface area contributed by atoms with Crippen molar-refractivity contribution >= 4 is 38.4 Å². The van der Waals surface area contributed by atoms with Crippen LogP contribution in [0.25, 0.3) is 0 Å². The molecule has 23 heavy (non-hydrogen) atoms. The molecule has 2 saturated heterocycles. The highest BCUT2D eigenvalue weighted by atomic mass is 32.2. The van der Waals surface area contributed by atoms with E-state index in [0.717, 1.165) is 11.3 Å². The lowest BCUT2D eigenvalue weighted by atomic mass is 10.1. The van der Waals surface area contributed by atoms with Gasteiger partial charge in [0.1, 0.15) is 0 Å². The van der Waals surface area contributed by atoms with Crippen molar-refractivity contribution < 1.29 is 13.2 Å². The first kappa shape index (κ1) is 16.5. The molecule has 0 N–H and O–H groups in total. The highest BCUT2D eigenvalue weighted by molar-refractivity contribution is 8.16. The average Bonchev–Trinajstić information content (AvgIpc) is 2.89. The van der Waals surface area contributed by atoms with Crippen LogP contribution in [0.3, 0.4) is 0 Å². The molecule has 2 atom stereocenters. The summed E-state index contributed by atoms with van der Waals surface area (Å²) < 4.78 is 24.0. The van der Waals surface area contributed by atoms with Crippen molar-refractivity contribution in [3.8, 4) is 0 Å². The second-order valence-electron chi connectivity index (χ2n) is 6.40. The molecule has 124 valence electrons. The number of anilines is 1. The van der Waals surface area contributed by atoms with Crippen molar-refractivity contribution in [1.82, 2.24) is 0 Å². The number of thioether (sulfide) groups is 1. The van der Waals surface area contributed by atoms with E-state index in [1.54, 1.807) is 0 Å². The normalized spacial score (nSPS) is 27.7. The molecule has 2 aliphatic rings. The Morgan fingerprint density at radius 1 is 1.35 bits per heavy atom. The van der Waals surface area contributed by atoms with Crippen LogP contribution in [0.4, 0.5) is 5.69 Å². The number of nitrogens with zero attached hydrogens (tertiary/aromatic N) is 2. The lowest BCUT2D eigenvalue weighted by Gasteiger charge is -2.25. The van der Waals surface area contributed by atoms with E-state index in [1.165, 1.54) is 11.8 Å². The van der Waals surface area contributed by atoms with Crippen molar-refractivity contribution in [2.45, 2.75) is 32.1 Å². The minimum atomic E-state index is -3.03. The largest absolute Gasteiger partial charge is 0.316 e. The number of fused-ring (bicyclic) bond motifs is 1. The number of carbonyl (C=O) groups excluding carboxylic acids is 1. The number of sulfone groups is 1. The molecule has 2 aliphatic heterocycles. The molecular formula is C16H20N2O3S2. The number of carbonyl (C=O) groups is 1. The van der Waals surface area contributed by atoms with Gasteiger partial charge in [0.15, 0.2) is 15.0 Å². The molecule has 0 aliphatic carbocycles. The lowest BCUT2D eigenvalue weighted by molar-refractivity contribution is -0.120. The van der Waals surface area contributed by atoms with Gasteiger partial charge in [0.2, 0.25) is 0 Å². The van der Waals surface area contributed by atoms with Gasteiger partial charge in [0.05, 0.1) is 17.5 Å². The van der Waals surface area contributed by atoms with E-state index in [4.69, 9.17) is 0 Å². The summed E-state index contributed by atoms with van der Waals surface area (Å²) in [6, 6.07) is 7.73. The summed E-state index contributed by atoms with van der Waals surface area (Å²) >= 11 is 1.41. The lowest BCUT2D eigenvalue weighted by Crippen LogP contribution is -2.37. The van der Waals surface area contributed by atoms with E-state index in [9.17, 15) is 13.2 Å². The zero-order chi connectivity index (χ0) is 16.8. The van der Waals surface area contributed by atoms with Crippen LogP contribution >= 0.6 is 11.8 Å². The Labute approximate surface area is 141 Å². The van der Waals surface area contributed by atoms with Crippen molar-refractivity contribution in [2.75, 3.05) is 16.4 Å². The Balaban J connectivity index is 2.02. The Morgan fingerprint density at radius 3 is 2.74 bits per heavy atom. The molecule has 3 rings (SSSR count). The predicted octanol–water partition coefficient (Wildman–Crippen LogP) is 2.25. The molecular weight excluding hydrogens is 332 g/mol. The molecule has 0 aromatic heterocycles. The summed E-state index contributed by atoms with van der Waals surface area (Å²) in [6.07, 6.45) is 0. The van der Waals surface area contributed by atoms with Gasteiger partial charge in [-0.05, 0) is 24.6 Å². The highest BCUT2D eigenvalue weighted by Crippen LogP contribution is 2.41. The zero-order valence-corrected chi connectivity index (χ0v) is 15.0. The van der Waals surface area contributed by atoms with Gasteiger partial charge in [-0.2, -0.15) is 4.99 Å². The molecule has 0 saturated carbocycles. The molecule has 2 heterocycles. The van der Waals surface area contributed by atoms with E-state index in [2.05, 4.69) is 4.99 Å². The summed E-state index contributed by atoms with van der Waals surface area (Å²) in [5, 5.41) is 0.568. The minimum Gasteiger partial charge on any atom is -0.316 e. The Morgan fingerprint density at radius 2 is 2.09 bits per heavy atom. The van der Waals surface area contributed by atoms with Gasteiger partial charge >= 0.3 is 0 Å². The Hall–Kier alpha value is -1.34. The van der Waals surface area contributed by atoms with Crippen molar-refractivity contribution in [1.29, 1.82) is 0 Å².